The van der Waals surface area contributed by atoms with Gasteiger partial charge >= 0.3 is 6.03 Å². The molecule has 1 atom stereocenters. The first kappa shape index (κ1) is 15.2. The number of nitrogens with one attached hydrogen (secondary N) is 1. The summed E-state index contributed by atoms with van der Waals surface area (Å²) in [7, 11) is 0. The van der Waals surface area contributed by atoms with Gasteiger partial charge in [-0.3, -0.25) is 14.9 Å². The third-order valence-electron chi connectivity index (χ3n) is 3.44. The van der Waals surface area contributed by atoms with E-state index in [1.807, 2.05) is 6.92 Å². The molecule has 1 aliphatic heterocycles. The number of aliphatic hydroxyl groups excluding tert-OH is 1. The standard InChI is InChI=1S/C15H18N2O4/c1-2-3-12-13(19)16-15(21)17(14(12)20)11-6-4-10(5-7-11)8-9-18/h4-7,12,18H,2-3,8-9H2,1H3,(H,16,19,21). The highest BCUT2D eigenvalue weighted by molar-refractivity contribution is 6.27. The van der Waals surface area contributed by atoms with Gasteiger partial charge in [-0.2, -0.15) is 0 Å². The Morgan fingerprint density at radius 3 is 2.43 bits per heavy atom. The van der Waals surface area contributed by atoms with Crippen molar-refractivity contribution in [2.45, 2.75) is 26.2 Å². The second-order valence-electron chi connectivity index (χ2n) is 4.95. The number of amides is 4. The van der Waals surface area contributed by atoms with Crippen molar-refractivity contribution in [3.05, 3.63) is 29.8 Å². The van der Waals surface area contributed by atoms with E-state index in [9.17, 15) is 14.4 Å². The number of carbonyl (C=O) groups excluding carboxylic acids is 3. The molecule has 2 N–H and O–H groups in total. The first-order chi connectivity index (χ1) is 10.1. The minimum atomic E-state index is -0.815. The molecule has 0 spiro atoms. The van der Waals surface area contributed by atoms with E-state index in [-0.39, 0.29) is 6.61 Å². The highest BCUT2D eigenvalue weighted by Gasteiger charge is 2.40. The Balaban J connectivity index is 2.26. The fraction of sp³-hybridized carbons (Fsp3) is 0.400. The van der Waals surface area contributed by atoms with Gasteiger partial charge in [0.15, 0.2) is 0 Å². The van der Waals surface area contributed by atoms with Crippen molar-refractivity contribution in [1.82, 2.24) is 5.32 Å². The normalized spacial score (nSPS) is 18.9. The molecular formula is C15H18N2O4. The molecule has 0 aromatic heterocycles. The van der Waals surface area contributed by atoms with Crippen molar-refractivity contribution in [3.63, 3.8) is 0 Å². The van der Waals surface area contributed by atoms with E-state index < -0.39 is 23.8 Å². The van der Waals surface area contributed by atoms with Gasteiger partial charge in [0, 0.05) is 6.61 Å². The van der Waals surface area contributed by atoms with Gasteiger partial charge in [-0.25, -0.2) is 9.69 Å². The van der Waals surface area contributed by atoms with Crippen molar-refractivity contribution < 1.29 is 19.5 Å². The molecule has 6 nitrogen and oxygen atoms in total. The number of barbiturate groups is 1. The van der Waals surface area contributed by atoms with E-state index in [0.717, 1.165) is 10.5 Å². The van der Waals surface area contributed by atoms with Gasteiger partial charge in [-0.1, -0.05) is 25.5 Å². The molecule has 1 fully saturated rings. The molecule has 1 aliphatic rings. The van der Waals surface area contributed by atoms with Crippen molar-refractivity contribution in [1.29, 1.82) is 0 Å². The summed E-state index contributed by atoms with van der Waals surface area (Å²) in [6, 6.07) is 6.06. The van der Waals surface area contributed by atoms with Crippen LogP contribution >= 0.6 is 0 Å². The van der Waals surface area contributed by atoms with Gasteiger partial charge in [0.2, 0.25) is 11.8 Å². The average molecular weight is 290 g/mol. The van der Waals surface area contributed by atoms with Crippen LogP contribution in [0.4, 0.5) is 10.5 Å². The van der Waals surface area contributed by atoms with Crippen LogP contribution in [-0.2, 0) is 16.0 Å². The van der Waals surface area contributed by atoms with Crippen LogP contribution in [0.5, 0.6) is 0 Å². The Kier molecular flexibility index (Phi) is 4.70. The van der Waals surface area contributed by atoms with Crippen LogP contribution in [0.3, 0.4) is 0 Å². The minimum absolute atomic E-state index is 0.0373. The van der Waals surface area contributed by atoms with E-state index >= 15 is 0 Å². The zero-order valence-corrected chi connectivity index (χ0v) is 11.8. The molecule has 2 rings (SSSR count). The molecule has 6 heteroatoms. The summed E-state index contributed by atoms with van der Waals surface area (Å²) in [5, 5.41) is 11.1. The molecule has 0 aliphatic carbocycles. The number of hydrogen-bond acceptors (Lipinski definition) is 4. The molecule has 1 heterocycles. The van der Waals surface area contributed by atoms with Crippen molar-refractivity contribution in [2.24, 2.45) is 5.92 Å². The highest BCUT2D eigenvalue weighted by atomic mass is 16.3. The summed E-state index contributed by atoms with van der Waals surface area (Å²) < 4.78 is 0. The van der Waals surface area contributed by atoms with E-state index in [2.05, 4.69) is 5.32 Å². The molecule has 112 valence electrons. The van der Waals surface area contributed by atoms with Gasteiger partial charge in [-0.05, 0) is 30.5 Å². The van der Waals surface area contributed by atoms with E-state index in [1.54, 1.807) is 24.3 Å². The summed E-state index contributed by atoms with van der Waals surface area (Å²) in [4.78, 5) is 37.0. The van der Waals surface area contributed by atoms with Gasteiger partial charge in [0.25, 0.3) is 0 Å². The zero-order chi connectivity index (χ0) is 15.4. The Hall–Kier alpha value is -2.21. The van der Waals surface area contributed by atoms with Crippen LogP contribution in [0.1, 0.15) is 25.3 Å². The fourth-order valence-electron chi connectivity index (χ4n) is 2.35. The smallest absolute Gasteiger partial charge is 0.335 e. The lowest BCUT2D eigenvalue weighted by atomic mass is 9.98. The number of imide groups is 2. The maximum atomic E-state index is 12.4. The molecule has 21 heavy (non-hydrogen) atoms. The summed E-state index contributed by atoms with van der Waals surface area (Å²) in [5.74, 6) is -1.83. The predicted molar refractivity (Wildman–Crippen MR) is 76.7 cm³/mol. The van der Waals surface area contributed by atoms with Crippen LogP contribution in [0, 0.1) is 5.92 Å². The third-order valence-corrected chi connectivity index (χ3v) is 3.44. The number of rotatable bonds is 5. The third kappa shape index (κ3) is 3.11. The molecule has 0 radical (unpaired) electrons. The average Bonchev–Trinajstić information content (AvgIpc) is 2.45. The maximum Gasteiger partial charge on any atom is 0.335 e. The Bertz CT molecular complexity index is 553. The molecular weight excluding hydrogens is 272 g/mol. The second-order valence-corrected chi connectivity index (χ2v) is 4.95. The Morgan fingerprint density at radius 2 is 1.86 bits per heavy atom. The highest BCUT2D eigenvalue weighted by Crippen LogP contribution is 2.23. The Morgan fingerprint density at radius 1 is 1.19 bits per heavy atom. The molecule has 1 aromatic rings. The lowest BCUT2D eigenvalue weighted by Crippen LogP contribution is -2.58. The van der Waals surface area contributed by atoms with Gasteiger partial charge in [-0.15, -0.1) is 0 Å². The number of carbonyl (C=O) groups is 3. The predicted octanol–water partition coefficient (Wildman–Crippen LogP) is 1.22. The largest absolute Gasteiger partial charge is 0.396 e. The number of hydrogen-bond donors (Lipinski definition) is 2. The first-order valence-corrected chi connectivity index (χ1v) is 6.97. The lowest BCUT2D eigenvalue weighted by molar-refractivity contribution is -0.134. The monoisotopic (exact) mass is 290 g/mol. The number of nitrogens with zero attached hydrogens (tertiary/aromatic N) is 1. The van der Waals surface area contributed by atoms with Crippen molar-refractivity contribution in [2.75, 3.05) is 11.5 Å². The summed E-state index contributed by atoms with van der Waals surface area (Å²) in [5.41, 5.74) is 1.33. The van der Waals surface area contributed by atoms with Gasteiger partial charge in [0.1, 0.15) is 5.92 Å². The van der Waals surface area contributed by atoms with Gasteiger partial charge < -0.3 is 5.11 Å². The van der Waals surface area contributed by atoms with E-state index in [1.165, 1.54) is 0 Å². The number of anilines is 1. The van der Waals surface area contributed by atoms with Crippen LogP contribution in [-0.4, -0.2) is 29.6 Å². The Labute approximate surface area is 122 Å². The van der Waals surface area contributed by atoms with Crippen LogP contribution in [0.25, 0.3) is 0 Å². The number of aliphatic hydroxyl groups is 1. The molecule has 0 bridgehead atoms. The van der Waals surface area contributed by atoms with Crippen molar-refractivity contribution >= 4 is 23.5 Å². The fourth-order valence-corrected chi connectivity index (χ4v) is 2.35. The summed E-state index contributed by atoms with van der Waals surface area (Å²) in [6.45, 7) is 1.92. The summed E-state index contributed by atoms with van der Waals surface area (Å²) >= 11 is 0. The zero-order valence-electron chi connectivity index (χ0n) is 11.8. The number of benzene rings is 1. The quantitative estimate of drug-likeness (QED) is 0.798. The number of urea groups is 1. The molecule has 0 saturated carbocycles. The summed E-state index contributed by atoms with van der Waals surface area (Å²) in [6.07, 6.45) is 1.61. The maximum absolute atomic E-state index is 12.4. The van der Waals surface area contributed by atoms with Gasteiger partial charge in [0.05, 0.1) is 5.69 Å². The second kappa shape index (κ2) is 6.49. The van der Waals surface area contributed by atoms with Crippen molar-refractivity contribution in [3.8, 4) is 0 Å². The SMILES string of the molecule is CCCC1C(=O)NC(=O)N(c2ccc(CCO)cc2)C1=O. The van der Waals surface area contributed by atoms with E-state index in [4.69, 9.17) is 5.11 Å². The van der Waals surface area contributed by atoms with E-state index in [0.29, 0.717) is 24.9 Å². The van der Waals surface area contributed by atoms with Crippen LogP contribution < -0.4 is 10.2 Å². The first-order valence-electron chi connectivity index (χ1n) is 6.97. The lowest BCUT2D eigenvalue weighted by Gasteiger charge is -2.30. The van der Waals surface area contributed by atoms with Crippen LogP contribution in [0.2, 0.25) is 0 Å². The molecule has 1 saturated heterocycles. The topological polar surface area (TPSA) is 86.7 Å². The molecule has 1 unspecified atom stereocenters. The van der Waals surface area contributed by atoms with Crippen LogP contribution in [0.15, 0.2) is 24.3 Å². The molecule has 1 aromatic carbocycles. The molecule has 4 amide bonds. The minimum Gasteiger partial charge on any atom is -0.396 e.